The highest BCUT2D eigenvalue weighted by atomic mass is 35.5. The van der Waals surface area contributed by atoms with E-state index in [2.05, 4.69) is 5.32 Å². The number of amides is 2. The molecule has 1 aliphatic heterocycles. The van der Waals surface area contributed by atoms with Gasteiger partial charge < -0.3 is 10.1 Å². The normalized spacial score (nSPS) is 18.4. The molecular formula is C18H17ClN2O5S. The van der Waals surface area contributed by atoms with Gasteiger partial charge in [-0.3, -0.25) is 9.59 Å². The molecule has 1 fully saturated rings. The van der Waals surface area contributed by atoms with Crippen LogP contribution >= 0.6 is 11.6 Å². The van der Waals surface area contributed by atoms with Crippen LogP contribution in [0.3, 0.4) is 0 Å². The van der Waals surface area contributed by atoms with Gasteiger partial charge in [0.25, 0.3) is 5.91 Å². The van der Waals surface area contributed by atoms with Gasteiger partial charge in [0.15, 0.2) is 0 Å². The molecule has 1 heterocycles. The van der Waals surface area contributed by atoms with Crippen LogP contribution < -0.4 is 14.4 Å². The molecule has 1 aliphatic rings. The van der Waals surface area contributed by atoms with E-state index >= 15 is 0 Å². The Morgan fingerprint density at radius 1 is 1.22 bits per heavy atom. The number of sulfonamides is 1. The first-order valence-electron chi connectivity index (χ1n) is 8.05. The first-order chi connectivity index (χ1) is 12.7. The van der Waals surface area contributed by atoms with E-state index in [9.17, 15) is 18.0 Å². The van der Waals surface area contributed by atoms with Crippen LogP contribution in [0.15, 0.2) is 42.5 Å². The average molecular weight is 409 g/mol. The molecule has 2 amide bonds. The lowest BCUT2D eigenvalue weighted by Gasteiger charge is -2.15. The topological polar surface area (TPSA) is 92.8 Å². The monoisotopic (exact) mass is 408 g/mol. The summed E-state index contributed by atoms with van der Waals surface area (Å²) in [7, 11) is -2.18. The summed E-state index contributed by atoms with van der Waals surface area (Å²) in [4.78, 5) is 24.5. The zero-order chi connectivity index (χ0) is 19.8. The summed E-state index contributed by atoms with van der Waals surface area (Å²) in [5.74, 6) is -1.18. The first kappa shape index (κ1) is 19.2. The minimum Gasteiger partial charge on any atom is -0.495 e. The molecule has 0 aromatic heterocycles. The number of rotatable bonds is 4. The zero-order valence-corrected chi connectivity index (χ0v) is 16.2. The molecule has 7 nitrogen and oxygen atoms in total. The maximum atomic E-state index is 12.4. The number of carbonyl (C=O) groups is 2. The number of halogens is 1. The molecule has 3 rings (SSSR count). The Hall–Kier alpha value is -2.58. The third-order valence-corrected chi connectivity index (χ3v) is 6.30. The van der Waals surface area contributed by atoms with Crippen LogP contribution in [-0.2, 0) is 14.8 Å². The predicted octanol–water partition coefficient (Wildman–Crippen LogP) is 2.91. The van der Waals surface area contributed by atoms with E-state index in [-0.39, 0.29) is 11.4 Å². The van der Waals surface area contributed by atoms with Gasteiger partial charge in [-0.25, -0.2) is 12.7 Å². The van der Waals surface area contributed by atoms with Gasteiger partial charge in [0.1, 0.15) is 5.75 Å². The van der Waals surface area contributed by atoms with Crippen molar-refractivity contribution >= 4 is 44.8 Å². The van der Waals surface area contributed by atoms with Gasteiger partial charge in [-0.2, -0.15) is 0 Å². The smallest absolute Gasteiger partial charge is 0.255 e. The molecule has 1 atom stereocenters. The Bertz CT molecular complexity index is 1000. The van der Waals surface area contributed by atoms with Gasteiger partial charge in [0.2, 0.25) is 15.9 Å². The van der Waals surface area contributed by atoms with Crippen LogP contribution in [-0.4, -0.2) is 33.1 Å². The molecular weight excluding hydrogens is 392 g/mol. The summed E-state index contributed by atoms with van der Waals surface area (Å²) in [6.45, 7) is 1.57. The van der Waals surface area contributed by atoms with E-state index in [4.69, 9.17) is 16.3 Å². The molecule has 2 aromatic carbocycles. The molecule has 142 valence electrons. The third-order valence-electron chi connectivity index (χ3n) is 4.13. The predicted molar refractivity (Wildman–Crippen MR) is 103 cm³/mol. The van der Waals surface area contributed by atoms with Crippen LogP contribution in [0, 0.1) is 5.92 Å². The van der Waals surface area contributed by atoms with Gasteiger partial charge in [0.05, 0.1) is 29.5 Å². The molecule has 9 heteroatoms. The molecule has 0 aliphatic carbocycles. The third kappa shape index (κ3) is 3.77. The largest absolute Gasteiger partial charge is 0.495 e. The Morgan fingerprint density at radius 3 is 2.41 bits per heavy atom. The fourth-order valence-corrected chi connectivity index (χ4v) is 4.86. The van der Waals surface area contributed by atoms with E-state index in [1.165, 1.54) is 31.4 Å². The zero-order valence-electron chi connectivity index (χ0n) is 14.6. The Balaban J connectivity index is 1.78. The maximum absolute atomic E-state index is 12.4. The molecule has 0 saturated carbocycles. The highest BCUT2D eigenvalue weighted by molar-refractivity contribution is 7.94. The summed E-state index contributed by atoms with van der Waals surface area (Å²) in [6, 6.07) is 10.6. The van der Waals surface area contributed by atoms with Crippen molar-refractivity contribution in [1.82, 2.24) is 0 Å². The van der Waals surface area contributed by atoms with Crippen molar-refractivity contribution in [2.24, 2.45) is 5.92 Å². The van der Waals surface area contributed by atoms with E-state index in [0.29, 0.717) is 22.0 Å². The maximum Gasteiger partial charge on any atom is 0.255 e. The Kier molecular flexibility index (Phi) is 5.12. The van der Waals surface area contributed by atoms with E-state index in [1.54, 1.807) is 25.1 Å². The summed E-state index contributed by atoms with van der Waals surface area (Å²) < 4.78 is 30.1. The summed E-state index contributed by atoms with van der Waals surface area (Å²) in [5.41, 5.74) is 1.01. The quantitative estimate of drug-likeness (QED) is 0.839. The molecule has 2 aromatic rings. The molecule has 0 unspecified atom stereocenters. The van der Waals surface area contributed by atoms with Crippen molar-refractivity contribution in [1.29, 1.82) is 0 Å². The summed E-state index contributed by atoms with van der Waals surface area (Å²) in [6.07, 6.45) is 0. The van der Waals surface area contributed by atoms with Crippen molar-refractivity contribution < 1.29 is 22.7 Å². The number of benzene rings is 2. The number of anilines is 2. The molecule has 1 N–H and O–H groups in total. The fourth-order valence-electron chi connectivity index (χ4n) is 2.78. The number of hydrogen-bond acceptors (Lipinski definition) is 5. The van der Waals surface area contributed by atoms with Crippen molar-refractivity contribution in [3.63, 3.8) is 0 Å². The molecule has 0 radical (unpaired) electrons. The molecule has 0 spiro atoms. The van der Waals surface area contributed by atoms with Gasteiger partial charge >= 0.3 is 0 Å². The van der Waals surface area contributed by atoms with E-state index in [1.807, 2.05) is 0 Å². The standard InChI is InChI=1S/C18H17ClN2O5S/c1-11-10-27(24,25)21(18(11)23)14-6-3-12(4-7-14)17(22)20-13-5-8-16(26-2)15(19)9-13/h3-9,11H,10H2,1-2H3,(H,20,22)/t11-/m1/s1. The fraction of sp³-hybridized carbons (Fsp3) is 0.222. The number of ether oxygens (including phenoxy) is 1. The molecule has 1 saturated heterocycles. The number of hydrogen-bond donors (Lipinski definition) is 1. The first-order valence-corrected chi connectivity index (χ1v) is 10.0. The molecule has 27 heavy (non-hydrogen) atoms. The minimum absolute atomic E-state index is 0.216. The van der Waals surface area contributed by atoms with Crippen LogP contribution in [0.5, 0.6) is 5.75 Å². The molecule has 0 bridgehead atoms. The summed E-state index contributed by atoms with van der Waals surface area (Å²) >= 11 is 6.03. The van der Waals surface area contributed by atoms with Crippen molar-refractivity contribution in [3.05, 3.63) is 53.1 Å². The lowest BCUT2D eigenvalue weighted by atomic mass is 10.1. The summed E-state index contributed by atoms with van der Waals surface area (Å²) in [5, 5.41) is 3.05. The van der Waals surface area contributed by atoms with Crippen molar-refractivity contribution in [3.8, 4) is 5.75 Å². The average Bonchev–Trinajstić information content (AvgIpc) is 2.82. The van der Waals surface area contributed by atoms with E-state index < -0.39 is 27.8 Å². The minimum atomic E-state index is -3.67. The number of nitrogens with one attached hydrogen (secondary N) is 1. The SMILES string of the molecule is COc1ccc(NC(=O)c2ccc(N3C(=O)[C@H](C)CS3(=O)=O)cc2)cc1Cl. The van der Waals surface area contributed by atoms with E-state index in [0.717, 1.165) is 4.31 Å². The second-order valence-corrected chi connectivity index (χ2v) is 8.40. The number of carbonyl (C=O) groups excluding carboxylic acids is 2. The highest BCUT2D eigenvalue weighted by Gasteiger charge is 2.41. The number of nitrogens with zero attached hydrogens (tertiary/aromatic N) is 1. The van der Waals surface area contributed by atoms with Crippen molar-refractivity contribution in [2.45, 2.75) is 6.92 Å². The second-order valence-electron chi connectivity index (χ2n) is 6.13. The van der Waals surface area contributed by atoms with Crippen LogP contribution in [0.1, 0.15) is 17.3 Å². The van der Waals surface area contributed by atoms with Gasteiger partial charge in [-0.1, -0.05) is 18.5 Å². The van der Waals surface area contributed by atoms with Gasteiger partial charge in [0, 0.05) is 11.3 Å². The lowest BCUT2D eigenvalue weighted by Crippen LogP contribution is -2.30. The number of methoxy groups -OCH3 is 1. The van der Waals surface area contributed by atoms with Crippen LogP contribution in [0.4, 0.5) is 11.4 Å². The Morgan fingerprint density at radius 2 is 1.89 bits per heavy atom. The van der Waals surface area contributed by atoms with Crippen LogP contribution in [0.25, 0.3) is 0 Å². The van der Waals surface area contributed by atoms with Crippen molar-refractivity contribution in [2.75, 3.05) is 22.5 Å². The van der Waals surface area contributed by atoms with Gasteiger partial charge in [-0.05, 0) is 42.5 Å². The lowest BCUT2D eigenvalue weighted by molar-refractivity contribution is -0.119. The highest BCUT2D eigenvalue weighted by Crippen LogP contribution is 2.29. The second kappa shape index (κ2) is 7.21. The van der Waals surface area contributed by atoms with Crippen LogP contribution in [0.2, 0.25) is 5.02 Å². The Labute approximate surface area is 161 Å². The van der Waals surface area contributed by atoms with Gasteiger partial charge in [-0.15, -0.1) is 0 Å².